The largest absolute Gasteiger partial charge is 0.465 e. The number of anilines is 1. The van der Waals surface area contributed by atoms with E-state index in [1.54, 1.807) is 41.5 Å². The second-order valence-electron chi connectivity index (χ2n) is 8.29. The average Bonchev–Trinajstić information content (AvgIpc) is 3.13. The molecule has 1 aromatic heterocycles. The molecule has 1 amide bonds. The molecule has 3 atom stereocenters. The first kappa shape index (κ1) is 22.0. The van der Waals surface area contributed by atoms with Gasteiger partial charge in [-0.1, -0.05) is 27.7 Å². The lowest BCUT2D eigenvalue weighted by Gasteiger charge is -2.23. The Morgan fingerprint density at radius 2 is 1.93 bits per heavy atom. The number of hydrogen-bond donors (Lipinski definition) is 1. The summed E-state index contributed by atoms with van der Waals surface area (Å²) in [6, 6.07) is 1.50. The zero-order valence-corrected chi connectivity index (χ0v) is 17.9. The van der Waals surface area contributed by atoms with Crippen LogP contribution in [0.25, 0.3) is 0 Å². The number of carbonyl (C=O) groups is 2. The summed E-state index contributed by atoms with van der Waals surface area (Å²) in [7, 11) is 0. The molecule has 0 unspecified atom stereocenters. The highest BCUT2D eigenvalue weighted by Gasteiger charge is 2.55. The van der Waals surface area contributed by atoms with Crippen molar-refractivity contribution in [3.8, 4) is 0 Å². The number of ether oxygens (including phenoxy) is 4. The maximum absolute atomic E-state index is 12.6. The van der Waals surface area contributed by atoms with E-state index in [0.717, 1.165) is 0 Å². The molecule has 30 heavy (non-hydrogen) atoms. The lowest BCUT2D eigenvalue weighted by molar-refractivity contribution is -0.175. The van der Waals surface area contributed by atoms with Crippen LogP contribution in [0.4, 0.5) is 5.82 Å². The molecule has 2 saturated heterocycles. The molecule has 1 aromatic rings. The van der Waals surface area contributed by atoms with Gasteiger partial charge in [0.05, 0.1) is 5.92 Å². The molecule has 164 valence electrons. The van der Waals surface area contributed by atoms with Crippen LogP contribution in [-0.4, -0.2) is 39.4 Å². The van der Waals surface area contributed by atoms with Crippen molar-refractivity contribution in [2.75, 3.05) is 5.32 Å². The van der Waals surface area contributed by atoms with Crippen LogP contribution < -0.4 is 11.0 Å². The summed E-state index contributed by atoms with van der Waals surface area (Å²) >= 11 is 0. The summed E-state index contributed by atoms with van der Waals surface area (Å²) in [4.78, 5) is 40.2. The summed E-state index contributed by atoms with van der Waals surface area (Å²) in [5.74, 6) is -1.76. The lowest BCUT2D eigenvalue weighted by Crippen LogP contribution is -2.35. The Hall–Kier alpha value is -2.72. The molecule has 0 bridgehead atoms. The van der Waals surface area contributed by atoms with E-state index in [1.165, 1.54) is 23.1 Å². The van der Waals surface area contributed by atoms with Gasteiger partial charge in [-0.3, -0.25) is 14.2 Å². The van der Waals surface area contributed by atoms with Crippen molar-refractivity contribution in [1.82, 2.24) is 9.55 Å². The normalized spacial score (nSPS) is 26.0. The number of nitrogens with one attached hydrogen (secondary N) is 1. The van der Waals surface area contributed by atoms with Gasteiger partial charge in [-0.05, 0) is 19.9 Å². The van der Waals surface area contributed by atoms with Crippen molar-refractivity contribution < 1.29 is 28.5 Å². The highest BCUT2D eigenvalue weighted by molar-refractivity contribution is 5.91. The molecule has 3 rings (SSSR count). The van der Waals surface area contributed by atoms with Crippen LogP contribution in [0.5, 0.6) is 0 Å². The van der Waals surface area contributed by atoms with Crippen molar-refractivity contribution in [2.24, 2.45) is 11.8 Å². The van der Waals surface area contributed by atoms with Crippen LogP contribution >= 0.6 is 0 Å². The summed E-state index contributed by atoms with van der Waals surface area (Å²) in [6.45, 7) is 10.4. The van der Waals surface area contributed by atoms with Gasteiger partial charge in [-0.15, -0.1) is 0 Å². The maximum Gasteiger partial charge on any atom is 0.352 e. The fraction of sp³-hybridized carbons (Fsp3) is 0.600. The maximum atomic E-state index is 12.6. The molecule has 2 aliphatic heterocycles. The zero-order chi connectivity index (χ0) is 22.2. The van der Waals surface area contributed by atoms with Gasteiger partial charge in [0, 0.05) is 12.1 Å². The molecule has 0 radical (unpaired) electrons. The van der Waals surface area contributed by atoms with E-state index in [1.807, 2.05) is 0 Å². The molecular weight excluding hydrogens is 394 g/mol. The zero-order valence-electron chi connectivity index (χ0n) is 17.9. The highest BCUT2D eigenvalue weighted by atomic mass is 16.8. The van der Waals surface area contributed by atoms with Gasteiger partial charge in [-0.25, -0.2) is 4.79 Å². The monoisotopic (exact) mass is 421 g/mol. The van der Waals surface area contributed by atoms with Gasteiger partial charge in [0.2, 0.25) is 12.1 Å². The van der Waals surface area contributed by atoms with Crippen molar-refractivity contribution in [1.29, 1.82) is 0 Å². The van der Waals surface area contributed by atoms with Gasteiger partial charge in [0.1, 0.15) is 12.1 Å². The average molecular weight is 421 g/mol. The molecular formula is C20H27N3O7. The lowest BCUT2D eigenvalue weighted by atomic mass is 10.2. The second-order valence-corrected chi connectivity index (χ2v) is 8.29. The third-order valence-electron chi connectivity index (χ3n) is 4.59. The number of aromatic nitrogens is 2. The fourth-order valence-electron chi connectivity index (χ4n) is 3.00. The minimum absolute atomic E-state index is 0.148. The Morgan fingerprint density at radius 1 is 1.23 bits per heavy atom. The van der Waals surface area contributed by atoms with Gasteiger partial charge < -0.3 is 24.3 Å². The van der Waals surface area contributed by atoms with Crippen LogP contribution in [0, 0.1) is 11.8 Å². The molecule has 2 aliphatic rings. The van der Waals surface area contributed by atoms with Crippen LogP contribution in [0.3, 0.4) is 0 Å². The molecule has 10 heteroatoms. The number of fused-ring (bicyclic) bond motifs is 1. The molecule has 0 aromatic carbocycles. The fourth-order valence-corrected chi connectivity index (χ4v) is 3.00. The van der Waals surface area contributed by atoms with Crippen LogP contribution in [0.2, 0.25) is 0 Å². The van der Waals surface area contributed by atoms with Crippen LogP contribution in [0.15, 0.2) is 29.1 Å². The molecule has 1 N–H and O–H groups in total. The Morgan fingerprint density at radius 3 is 2.53 bits per heavy atom. The van der Waals surface area contributed by atoms with Gasteiger partial charge in [-0.2, -0.15) is 4.98 Å². The number of rotatable bonds is 5. The summed E-state index contributed by atoms with van der Waals surface area (Å²) in [5.41, 5.74) is -0.631. The highest BCUT2D eigenvalue weighted by Crippen LogP contribution is 2.44. The van der Waals surface area contributed by atoms with Gasteiger partial charge in [0.25, 0.3) is 0 Å². The first-order valence-corrected chi connectivity index (χ1v) is 9.81. The predicted octanol–water partition coefficient (Wildman–Crippen LogP) is 1.93. The standard InChI is InChI=1S/C20H27N3O7/c1-10(2)16(24)21-13-7-8-23(19(26)22-13)17-15-14(29-20(5,6)30-15)12(28-17)9-27-18(25)11(3)4/h7-11,14-15,17H,1-6H3,(H,21,22,24,26)/b12-9+/t14-,15-,17-/m1/s1. The van der Waals surface area contributed by atoms with E-state index >= 15 is 0 Å². The van der Waals surface area contributed by atoms with E-state index in [-0.39, 0.29) is 29.3 Å². The Labute approximate surface area is 174 Å². The first-order chi connectivity index (χ1) is 14.0. The summed E-state index contributed by atoms with van der Waals surface area (Å²) in [6.07, 6.45) is 0.470. The molecule has 0 spiro atoms. The van der Waals surface area contributed by atoms with E-state index < -0.39 is 35.9 Å². The number of amides is 1. The van der Waals surface area contributed by atoms with E-state index in [2.05, 4.69) is 10.3 Å². The summed E-state index contributed by atoms with van der Waals surface area (Å²) in [5, 5.41) is 2.58. The summed E-state index contributed by atoms with van der Waals surface area (Å²) < 4.78 is 24.0. The molecule has 10 nitrogen and oxygen atoms in total. The van der Waals surface area contributed by atoms with E-state index in [0.29, 0.717) is 0 Å². The van der Waals surface area contributed by atoms with E-state index in [9.17, 15) is 14.4 Å². The quantitative estimate of drug-likeness (QED) is 0.566. The predicted molar refractivity (Wildman–Crippen MR) is 105 cm³/mol. The number of hydrogen-bond acceptors (Lipinski definition) is 8. The third-order valence-corrected chi connectivity index (χ3v) is 4.59. The number of esters is 1. The van der Waals surface area contributed by atoms with Crippen molar-refractivity contribution >= 4 is 17.7 Å². The SMILES string of the molecule is CC(C)C(=O)Nc1ccn([C@@H]2O/C(=C/OC(=O)C(C)C)[C@H]3OC(C)(C)O[C@H]32)c(=O)n1. The topological polar surface area (TPSA) is 118 Å². The first-order valence-electron chi connectivity index (χ1n) is 9.81. The van der Waals surface area contributed by atoms with Crippen LogP contribution in [-0.2, 0) is 28.5 Å². The Kier molecular flexibility index (Phi) is 6.00. The third kappa shape index (κ3) is 4.54. The minimum atomic E-state index is -0.916. The van der Waals surface area contributed by atoms with Crippen LogP contribution in [0.1, 0.15) is 47.8 Å². The minimum Gasteiger partial charge on any atom is -0.465 e. The molecule has 0 saturated carbocycles. The number of carbonyl (C=O) groups excluding carboxylic acids is 2. The van der Waals surface area contributed by atoms with E-state index in [4.69, 9.17) is 18.9 Å². The van der Waals surface area contributed by atoms with Crippen molar-refractivity contribution in [2.45, 2.75) is 65.8 Å². The second kappa shape index (κ2) is 8.19. The molecule has 0 aliphatic carbocycles. The number of nitrogens with zero attached hydrogens (tertiary/aromatic N) is 2. The smallest absolute Gasteiger partial charge is 0.352 e. The van der Waals surface area contributed by atoms with Crippen molar-refractivity contribution in [3.05, 3.63) is 34.8 Å². The Balaban J connectivity index is 1.86. The van der Waals surface area contributed by atoms with Gasteiger partial charge in [0.15, 0.2) is 23.8 Å². The van der Waals surface area contributed by atoms with Crippen molar-refractivity contribution in [3.63, 3.8) is 0 Å². The van der Waals surface area contributed by atoms with Gasteiger partial charge >= 0.3 is 11.7 Å². The molecule has 3 heterocycles. The Bertz CT molecular complexity index is 919. The molecule has 2 fully saturated rings.